The summed E-state index contributed by atoms with van der Waals surface area (Å²) < 4.78 is 7.49. The number of pyridine rings is 1. The summed E-state index contributed by atoms with van der Waals surface area (Å²) in [5.41, 5.74) is 6.86. The Labute approximate surface area is 113 Å². The molecule has 2 aromatic heterocycles. The predicted molar refractivity (Wildman–Crippen MR) is 74.3 cm³/mol. The maximum Gasteiger partial charge on any atom is 0.219 e. The molecule has 0 radical (unpaired) electrons. The van der Waals surface area contributed by atoms with Crippen LogP contribution in [0.5, 0.6) is 11.6 Å². The van der Waals surface area contributed by atoms with Crippen molar-refractivity contribution in [2.24, 2.45) is 5.73 Å². The van der Waals surface area contributed by atoms with Crippen LogP contribution in [-0.2, 0) is 6.42 Å². The molecule has 0 aliphatic heterocycles. The third-order valence-electron chi connectivity index (χ3n) is 2.68. The quantitative estimate of drug-likeness (QED) is 0.897. The Morgan fingerprint density at radius 3 is 2.58 bits per heavy atom. The van der Waals surface area contributed by atoms with E-state index in [0.717, 1.165) is 12.0 Å². The highest BCUT2D eigenvalue weighted by Gasteiger charge is 2.05. The number of ether oxygens (including phenoxy) is 1. The van der Waals surface area contributed by atoms with Gasteiger partial charge in [0.15, 0.2) is 5.75 Å². The van der Waals surface area contributed by atoms with Gasteiger partial charge >= 0.3 is 0 Å². The predicted octanol–water partition coefficient (Wildman–Crippen LogP) is 2.54. The fourth-order valence-corrected chi connectivity index (χ4v) is 1.74. The zero-order chi connectivity index (χ0) is 13.8. The minimum absolute atomic E-state index is 0.137. The van der Waals surface area contributed by atoms with Crippen molar-refractivity contribution in [3.63, 3.8) is 0 Å². The van der Waals surface area contributed by atoms with Gasteiger partial charge in [0.2, 0.25) is 5.88 Å². The summed E-state index contributed by atoms with van der Waals surface area (Å²) in [5, 5.41) is 4.22. The molecule has 0 aliphatic carbocycles. The molecule has 0 aliphatic rings. The topological polar surface area (TPSA) is 66.0 Å². The highest BCUT2D eigenvalue weighted by atomic mass is 16.5. The number of aromatic nitrogens is 3. The van der Waals surface area contributed by atoms with Gasteiger partial charge in [0.1, 0.15) is 0 Å². The number of nitrogens with zero attached hydrogens (tertiary/aromatic N) is 3. The van der Waals surface area contributed by atoms with Gasteiger partial charge in [-0.1, -0.05) is 6.07 Å². The van der Waals surface area contributed by atoms with Crippen molar-refractivity contribution in [2.45, 2.75) is 39.3 Å². The first-order chi connectivity index (χ1) is 9.04. The normalized spacial score (nSPS) is 12.7. The average Bonchev–Trinajstić information content (AvgIpc) is 2.80. The van der Waals surface area contributed by atoms with Crippen molar-refractivity contribution in [3.8, 4) is 11.6 Å². The van der Waals surface area contributed by atoms with E-state index in [1.54, 1.807) is 12.4 Å². The first-order valence-corrected chi connectivity index (χ1v) is 6.47. The molecule has 0 aromatic carbocycles. The Balaban J connectivity index is 2.02. The van der Waals surface area contributed by atoms with E-state index in [-0.39, 0.29) is 6.04 Å². The van der Waals surface area contributed by atoms with E-state index in [1.807, 2.05) is 29.9 Å². The van der Waals surface area contributed by atoms with Crippen LogP contribution >= 0.6 is 0 Å². The van der Waals surface area contributed by atoms with Crippen molar-refractivity contribution < 1.29 is 4.74 Å². The van der Waals surface area contributed by atoms with Crippen LogP contribution in [-0.4, -0.2) is 20.8 Å². The number of rotatable bonds is 5. The van der Waals surface area contributed by atoms with Crippen molar-refractivity contribution in [1.29, 1.82) is 0 Å². The lowest BCUT2D eigenvalue weighted by Gasteiger charge is -2.06. The van der Waals surface area contributed by atoms with Crippen LogP contribution in [0.2, 0.25) is 0 Å². The SMILES string of the molecule is CC(N)Cc1ccc(Oc2cnn(C(C)C)c2)nc1. The molecule has 0 bridgehead atoms. The molecular weight excluding hydrogens is 240 g/mol. The van der Waals surface area contributed by atoms with Crippen molar-refractivity contribution >= 4 is 0 Å². The fraction of sp³-hybridized carbons (Fsp3) is 0.429. The molecule has 102 valence electrons. The van der Waals surface area contributed by atoms with Gasteiger partial charge in [-0.05, 0) is 32.8 Å². The standard InChI is InChI=1S/C14H20N4O/c1-10(2)18-9-13(8-17-18)19-14-5-4-12(7-16-14)6-11(3)15/h4-5,7-11H,6,15H2,1-3H3. The summed E-state index contributed by atoms with van der Waals surface area (Å²) >= 11 is 0. The van der Waals surface area contributed by atoms with E-state index in [1.165, 1.54) is 0 Å². The van der Waals surface area contributed by atoms with Crippen LogP contribution in [0.25, 0.3) is 0 Å². The lowest BCUT2D eigenvalue weighted by atomic mass is 10.1. The zero-order valence-corrected chi connectivity index (χ0v) is 11.6. The summed E-state index contributed by atoms with van der Waals surface area (Å²) in [6.45, 7) is 6.11. The molecule has 19 heavy (non-hydrogen) atoms. The molecule has 1 unspecified atom stereocenters. The van der Waals surface area contributed by atoms with Crippen LogP contribution in [0.15, 0.2) is 30.7 Å². The van der Waals surface area contributed by atoms with Gasteiger partial charge in [-0.15, -0.1) is 0 Å². The highest BCUT2D eigenvalue weighted by molar-refractivity contribution is 5.24. The Hall–Kier alpha value is -1.88. The van der Waals surface area contributed by atoms with Gasteiger partial charge in [-0.2, -0.15) is 5.10 Å². The summed E-state index contributed by atoms with van der Waals surface area (Å²) in [6.07, 6.45) is 6.17. The average molecular weight is 260 g/mol. The van der Waals surface area contributed by atoms with E-state index >= 15 is 0 Å². The minimum Gasteiger partial charge on any atom is -0.436 e. The Kier molecular flexibility index (Phi) is 4.16. The third-order valence-corrected chi connectivity index (χ3v) is 2.68. The first-order valence-electron chi connectivity index (χ1n) is 6.47. The molecule has 1 atom stereocenters. The van der Waals surface area contributed by atoms with Crippen LogP contribution in [0.3, 0.4) is 0 Å². The van der Waals surface area contributed by atoms with Gasteiger partial charge in [-0.25, -0.2) is 4.98 Å². The van der Waals surface area contributed by atoms with Crippen LogP contribution in [0.4, 0.5) is 0 Å². The summed E-state index contributed by atoms with van der Waals surface area (Å²) in [7, 11) is 0. The minimum atomic E-state index is 0.137. The molecule has 2 N–H and O–H groups in total. The molecule has 0 amide bonds. The molecule has 0 saturated carbocycles. The largest absolute Gasteiger partial charge is 0.436 e. The number of nitrogens with two attached hydrogens (primary N) is 1. The Bertz CT molecular complexity index is 516. The molecule has 0 spiro atoms. The summed E-state index contributed by atoms with van der Waals surface area (Å²) in [5.74, 6) is 1.26. The molecule has 2 heterocycles. The lowest BCUT2D eigenvalue weighted by Crippen LogP contribution is -2.17. The van der Waals surface area contributed by atoms with Crippen LogP contribution < -0.4 is 10.5 Å². The molecule has 5 heteroatoms. The van der Waals surface area contributed by atoms with E-state index in [0.29, 0.717) is 17.7 Å². The number of hydrogen-bond donors (Lipinski definition) is 1. The van der Waals surface area contributed by atoms with Crippen molar-refractivity contribution in [1.82, 2.24) is 14.8 Å². The van der Waals surface area contributed by atoms with E-state index in [9.17, 15) is 0 Å². The summed E-state index contributed by atoms with van der Waals surface area (Å²) in [6, 6.07) is 4.29. The van der Waals surface area contributed by atoms with E-state index in [2.05, 4.69) is 23.9 Å². The first kappa shape index (κ1) is 13.5. The van der Waals surface area contributed by atoms with Gasteiger partial charge in [0.05, 0.1) is 12.4 Å². The van der Waals surface area contributed by atoms with Crippen LogP contribution in [0.1, 0.15) is 32.4 Å². The summed E-state index contributed by atoms with van der Waals surface area (Å²) in [4.78, 5) is 4.27. The molecule has 5 nitrogen and oxygen atoms in total. The van der Waals surface area contributed by atoms with Gasteiger partial charge in [0, 0.05) is 24.3 Å². The maximum absolute atomic E-state index is 5.75. The fourth-order valence-electron chi connectivity index (χ4n) is 1.74. The molecule has 0 fully saturated rings. The van der Waals surface area contributed by atoms with Crippen molar-refractivity contribution in [3.05, 3.63) is 36.3 Å². The number of hydrogen-bond acceptors (Lipinski definition) is 4. The lowest BCUT2D eigenvalue weighted by molar-refractivity contribution is 0.458. The van der Waals surface area contributed by atoms with Gasteiger partial charge in [-0.3, -0.25) is 4.68 Å². The maximum atomic E-state index is 5.75. The monoisotopic (exact) mass is 260 g/mol. The van der Waals surface area contributed by atoms with Crippen molar-refractivity contribution in [2.75, 3.05) is 0 Å². The smallest absolute Gasteiger partial charge is 0.219 e. The Morgan fingerprint density at radius 1 is 1.26 bits per heavy atom. The second kappa shape index (κ2) is 5.84. The Morgan fingerprint density at radius 2 is 2.05 bits per heavy atom. The van der Waals surface area contributed by atoms with E-state index in [4.69, 9.17) is 10.5 Å². The second-order valence-electron chi connectivity index (χ2n) is 5.04. The van der Waals surface area contributed by atoms with E-state index < -0.39 is 0 Å². The molecule has 2 rings (SSSR count). The van der Waals surface area contributed by atoms with Crippen LogP contribution in [0, 0.1) is 0 Å². The van der Waals surface area contributed by atoms with Gasteiger partial charge < -0.3 is 10.5 Å². The second-order valence-corrected chi connectivity index (χ2v) is 5.04. The van der Waals surface area contributed by atoms with Gasteiger partial charge in [0.25, 0.3) is 0 Å². The molecular formula is C14H20N4O. The highest BCUT2D eigenvalue weighted by Crippen LogP contribution is 2.20. The molecule has 0 saturated heterocycles. The zero-order valence-electron chi connectivity index (χ0n) is 11.6. The third kappa shape index (κ3) is 3.79. The molecule has 2 aromatic rings.